The van der Waals surface area contributed by atoms with Crippen molar-refractivity contribution in [2.75, 3.05) is 39.1 Å². The van der Waals surface area contributed by atoms with E-state index in [2.05, 4.69) is 62.0 Å². The minimum atomic E-state index is 0.155. The number of rotatable bonds is 7. The molecule has 4 nitrogen and oxygen atoms in total. The molecule has 0 bridgehead atoms. The van der Waals surface area contributed by atoms with Gasteiger partial charge in [0.15, 0.2) is 5.13 Å². The summed E-state index contributed by atoms with van der Waals surface area (Å²) in [7, 11) is 6.34. The third kappa shape index (κ3) is 6.89. The van der Waals surface area contributed by atoms with Gasteiger partial charge in [0.1, 0.15) is 0 Å². The van der Waals surface area contributed by atoms with Crippen LogP contribution in [0.1, 0.15) is 32.1 Å². The van der Waals surface area contributed by atoms with E-state index < -0.39 is 0 Å². The van der Waals surface area contributed by atoms with Crippen LogP contribution in [-0.4, -0.2) is 49.7 Å². The molecule has 1 heterocycles. The summed E-state index contributed by atoms with van der Waals surface area (Å²) in [5, 5.41) is 4.61. The first-order valence-corrected chi connectivity index (χ1v) is 7.65. The molecule has 0 aliphatic carbocycles. The molecule has 1 rings (SSSR count). The second-order valence-electron chi connectivity index (χ2n) is 6.29. The molecule has 0 radical (unpaired) electrons. The second kappa shape index (κ2) is 7.22. The van der Waals surface area contributed by atoms with Crippen LogP contribution in [0.2, 0.25) is 0 Å². The van der Waals surface area contributed by atoms with E-state index in [1.165, 1.54) is 11.3 Å². The van der Waals surface area contributed by atoms with Crippen molar-refractivity contribution in [3.8, 4) is 0 Å². The number of hydrogen-bond donors (Lipinski definition) is 1. The van der Waals surface area contributed by atoms with Crippen molar-refractivity contribution in [1.29, 1.82) is 0 Å². The Kier molecular flexibility index (Phi) is 6.23. The Labute approximate surface area is 121 Å². The Morgan fingerprint density at radius 3 is 2.47 bits per heavy atom. The van der Waals surface area contributed by atoms with Crippen LogP contribution in [0.5, 0.6) is 0 Å². The molecule has 0 atom stereocenters. The summed E-state index contributed by atoms with van der Waals surface area (Å²) in [6.07, 6.45) is 3.15. The number of aromatic nitrogens is 1. The standard InChI is InChI=1S/C14H28N4S/c1-14(2,3)16-11-12-10-15-13(19-12)18(6)9-7-8-17(4)5/h10,16H,7-9,11H2,1-6H3. The highest BCUT2D eigenvalue weighted by atomic mass is 32.1. The van der Waals surface area contributed by atoms with Crippen molar-refractivity contribution >= 4 is 16.5 Å². The lowest BCUT2D eigenvalue weighted by Gasteiger charge is -2.19. The molecule has 5 heteroatoms. The molecule has 0 aliphatic heterocycles. The van der Waals surface area contributed by atoms with E-state index in [4.69, 9.17) is 0 Å². The molecule has 1 aromatic rings. The van der Waals surface area contributed by atoms with Gasteiger partial charge in [0.05, 0.1) is 0 Å². The maximum Gasteiger partial charge on any atom is 0.185 e. The van der Waals surface area contributed by atoms with Crippen molar-refractivity contribution in [1.82, 2.24) is 15.2 Å². The van der Waals surface area contributed by atoms with Gasteiger partial charge in [-0.3, -0.25) is 0 Å². The third-order valence-corrected chi connectivity index (χ3v) is 3.87. The first-order chi connectivity index (χ1) is 8.78. The lowest BCUT2D eigenvalue weighted by Crippen LogP contribution is -2.34. The zero-order valence-electron chi connectivity index (χ0n) is 13.2. The minimum absolute atomic E-state index is 0.155. The van der Waals surface area contributed by atoms with Crippen LogP contribution >= 0.6 is 11.3 Å². The van der Waals surface area contributed by atoms with Gasteiger partial charge in [0, 0.05) is 36.8 Å². The summed E-state index contributed by atoms with van der Waals surface area (Å²) in [5.41, 5.74) is 0.155. The van der Waals surface area contributed by atoms with Crippen LogP contribution in [0.15, 0.2) is 6.20 Å². The Hall–Kier alpha value is -0.650. The SMILES string of the molecule is CN(C)CCCN(C)c1ncc(CNC(C)(C)C)s1. The number of hydrogen-bond acceptors (Lipinski definition) is 5. The summed E-state index contributed by atoms with van der Waals surface area (Å²) in [6.45, 7) is 9.62. The van der Waals surface area contributed by atoms with Gasteiger partial charge in [-0.25, -0.2) is 4.98 Å². The number of nitrogens with zero attached hydrogens (tertiary/aromatic N) is 3. The maximum absolute atomic E-state index is 4.51. The van der Waals surface area contributed by atoms with Gasteiger partial charge < -0.3 is 15.1 Å². The van der Waals surface area contributed by atoms with E-state index in [-0.39, 0.29) is 5.54 Å². The Morgan fingerprint density at radius 1 is 1.21 bits per heavy atom. The average molecular weight is 284 g/mol. The van der Waals surface area contributed by atoms with E-state index in [0.717, 1.165) is 24.8 Å². The topological polar surface area (TPSA) is 31.4 Å². The van der Waals surface area contributed by atoms with Crippen LogP contribution in [0.4, 0.5) is 5.13 Å². The first-order valence-electron chi connectivity index (χ1n) is 6.83. The molecule has 0 saturated heterocycles. The van der Waals surface area contributed by atoms with Crippen LogP contribution in [0, 0.1) is 0 Å². The van der Waals surface area contributed by atoms with E-state index >= 15 is 0 Å². The van der Waals surface area contributed by atoms with Gasteiger partial charge >= 0.3 is 0 Å². The normalized spacial score (nSPS) is 12.2. The van der Waals surface area contributed by atoms with Gasteiger partial charge in [-0.15, -0.1) is 11.3 Å². The van der Waals surface area contributed by atoms with Crippen molar-refractivity contribution in [3.63, 3.8) is 0 Å². The largest absolute Gasteiger partial charge is 0.351 e. The summed E-state index contributed by atoms with van der Waals surface area (Å²) in [6, 6.07) is 0. The molecule has 0 fully saturated rings. The highest BCUT2D eigenvalue weighted by molar-refractivity contribution is 7.15. The molecule has 0 saturated carbocycles. The summed E-state index contributed by atoms with van der Waals surface area (Å²) in [4.78, 5) is 10.3. The van der Waals surface area contributed by atoms with Gasteiger partial charge in [-0.1, -0.05) is 0 Å². The van der Waals surface area contributed by atoms with Gasteiger partial charge in [-0.05, 0) is 47.8 Å². The second-order valence-corrected chi connectivity index (χ2v) is 7.38. The van der Waals surface area contributed by atoms with Crippen molar-refractivity contribution in [2.24, 2.45) is 0 Å². The lowest BCUT2D eigenvalue weighted by atomic mass is 10.1. The van der Waals surface area contributed by atoms with Crippen molar-refractivity contribution in [3.05, 3.63) is 11.1 Å². The van der Waals surface area contributed by atoms with Gasteiger partial charge in [0.25, 0.3) is 0 Å². The van der Waals surface area contributed by atoms with Crippen LogP contribution in [0.3, 0.4) is 0 Å². The van der Waals surface area contributed by atoms with Crippen molar-refractivity contribution in [2.45, 2.75) is 39.3 Å². The molecular weight excluding hydrogens is 256 g/mol. The summed E-state index contributed by atoms with van der Waals surface area (Å²) < 4.78 is 0. The van der Waals surface area contributed by atoms with Crippen LogP contribution in [-0.2, 0) is 6.54 Å². The fraction of sp³-hybridized carbons (Fsp3) is 0.786. The predicted molar refractivity (Wildman–Crippen MR) is 85.1 cm³/mol. The highest BCUT2D eigenvalue weighted by Gasteiger charge is 2.11. The first kappa shape index (κ1) is 16.4. The van der Waals surface area contributed by atoms with Crippen LogP contribution < -0.4 is 10.2 Å². The fourth-order valence-corrected chi connectivity index (χ4v) is 2.46. The zero-order valence-corrected chi connectivity index (χ0v) is 14.0. The highest BCUT2D eigenvalue weighted by Crippen LogP contribution is 2.22. The molecule has 0 amide bonds. The molecule has 19 heavy (non-hydrogen) atoms. The van der Waals surface area contributed by atoms with Crippen LogP contribution in [0.25, 0.3) is 0 Å². The Balaban J connectivity index is 2.40. The van der Waals surface area contributed by atoms with E-state index in [9.17, 15) is 0 Å². The molecule has 1 aromatic heterocycles. The smallest absolute Gasteiger partial charge is 0.185 e. The van der Waals surface area contributed by atoms with E-state index in [1.807, 2.05) is 6.20 Å². The quantitative estimate of drug-likeness (QED) is 0.833. The van der Waals surface area contributed by atoms with Gasteiger partial charge in [-0.2, -0.15) is 0 Å². The predicted octanol–water partition coefficient (Wildman–Crippen LogP) is 2.42. The molecule has 0 aliphatic rings. The number of nitrogens with one attached hydrogen (secondary N) is 1. The minimum Gasteiger partial charge on any atom is -0.351 e. The summed E-state index contributed by atoms with van der Waals surface area (Å²) in [5.74, 6) is 0. The average Bonchev–Trinajstić information content (AvgIpc) is 2.73. The molecule has 1 N–H and O–H groups in total. The molecule has 0 unspecified atom stereocenters. The molecule has 110 valence electrons. The lowest BCUT2D eigenvalue weighted by molar-refractivity contribution is 0.401. The molecule has 0 aromatic carbocycles. The molecular formula is C14H28N4S. The summed E-state index contributed by atoms with van der Waals surface area (Å²) >= 11 is 1.78. The van der Waals surface area contributed by atoms with Crippen molar-refractivity contribution < 1.29 is 0 Å². The Bertz CT molecular complexity index is 368. The third-order valence-electron chi connectivity index (χ3n) is 2.76. The zero-order chi connectivity index (χ0) is 14.5. The fourth-order valence-electron chi connectivity index (χ4n) is 1.63. The molecule has 0 spiro atoms. The number of thiazole rings is 1. The Morgan fingerprint density at radius 2 is 1.89 bits per heavy atom. The van der Waals surface area contributed by atoms with E-state index in [1.54, 1.807) is 11.3 Å². The van der Waals surface area contributed by atoms with E-state index in [0.29, 0.717) is 0 Å². The number of anilines is 1. The van der Waals surface area contributed by atoms with Gasteiger partial charge in [0.2, 0.25) is 0 Å². The monoisotopic (exact) mass is 284 g/mol. The maximum atomic E-state index is 4.51.